The molecule has 6 heteroatoms. The second-order valence-corrected chi connectivity index (χ2v) is 8.26. The van der Waals surface area contributed by atoms with Crippen LogP contribution in [0, 0.1) is 0 Å². The summed E-state index contributed by atoms with van der Waals surface area (Å²) in [5.74, 6) is 1.22. The summed E-state index contributed by atoms with van der Waals surface area (Å²) in [7, 11) is 2.18. The standard InChI is InChI=1S/C24H23ClN4O/c1-28-11-13-29(14-12-28)22-4-2-3-18-7-8-19(16-21(18)22)24-26-23(27-30-24)15-17-5-9-20(25)10-6-17/h2-10,16H,11-15H2,1H3. The van der Waals surface area contributed by atoms with E-state index in [0.29, 0.717) is 18.1 Å². The SMILES string of the molecule is CN1CCN(c2cccc3ccc(-c4nc(Cc5ccc(Cl)cc5)no4)cc23)CC1. The molecule has 1 fully saturated rings. The Morgan fingerprint density at radius 1 is 0.967 bits per heavy atom. The summed E-state index contributed by atoms with van der Waals surface area (Å²) in [5, 5.41) is 7.34. The number of hydrogen-bond acceptors (Lipinski definition) is 5. The molecule has 1 aliphatic rings. The average Bonchev–Trinajstić information content (AvgIpc) is 3.24. The summed E-state index contributed by atoms with van der Waals surface area (Å²) in [4.78, 5) is 9.46. The van der Waals surface area contributed by atoms with Gasteiger partial charge in [0.15, 0.2) is 5.82 Å². The fraction of sp³-hybridized carbons (Fsp3) is 0.250. The lowest BCUT2D eigenvalue weighted by Crippen LogP contribution is -2.44. The maximum Gasteiger partial charge on any atom is 0.257 e. The summed E-state index contributed by atoms with van der Waals surface area (Å²) >= 11 is 5.97. The number of benzene rings is 3. The lowest BCUT2D eigenvalue weighted by Gasteiger charge is -2.34. The molecule has 2 heterocycles. The van der Waals surface area contributed by atoms with E-state index in [4.69, 9.17) is 16.1 Å². The molecular formula is C24H23ClN4O. The minimum atomic E-state index is 0.550. The molecule has 0 atom stereocenters. The van der Waals surface area contributed by atoms with Crippen molar-refractivity contribution >= 4 is 28.1 Å². The van der Waals surface area contributed by atoms with Crippen LogP contribution in [0.2, 0.25) is 5.02 Å². The van der Waals surface area contributed by atoms with Gasteiger partial charge in [-0.1, -0.05) is 47.1 Å². The van der Waals surface area contributed by atoms with Gasteiger partial charge < -0.3 is 14.3 Å². The summed E-state index contributed by atoms with van der Waals surface area (Å²) < 4.78 is 5.59. The van der Waals surface area contributed by atoms with E-state index in [-0.39, 0.29) is 0 Å². The van der Waals surface area contributed by atoms with Gasteiger partial charge in [-0.05, 0) is 48.3 Å². The maximum absolute atomic E-state index is 5.97. The van der Waals surface area contributed by atoms with Crippen molar-refractivity contribution in [1.29, 1.82) is 0 Å². The normalized spacial score (nSPS) is 15.1. The Labute approximate surface area is 180 Å². The van der Waals surface area contributed by atoms with Crippen LogP contribution in [-0.4, -0.2) is 48.3 Å². The van der Waals surface area contributed by atoms with Gasteiger partial charge in [0.25, 0.3) is 5.89 Å². The highest BCUT2D eigenvalue weighted by atomic mass is 35.5. The van der Waals surface area contributed by atoms with Crippen LogP contribution in [-0.2, 0) is 6.42 Å². The number of halogens is 1. The van der Waals surface area contributed by atoms with Crippen molar-refractivity contribution in [1.82, 2.24) is 15.0 Å². The Kier molecular flexibility index (Phi) is 5.15. The fourth-order valence-corrected chi connectivity index (χ4v) is 4.07. The molecule has 0 spiro atoms. The largest absolute Gasteiger partial charge is 0.368 e. The van der Waals surface area contributed by atoms with Gasteiger partial charge in [0.2, 0.25) is 0 Å². The number of likely N-dealkylation sites (N-methyl/N-ethyl adjacent to an activating group) is 1. The van der Waals surface area contributed by atoms with E-state index >= 15 is 0 Å². The van der Waals surface area contributed by atoms with Crippen molar-refractivity contribution in [3.05, 3.63) is 77.1 Å². The van der Waals surface area contributed by atoms with Crippen molar-refractivity contribution < 1.29 is 4.52 Å². The third kappa shape index (κ3) is 3.91. The zero-order valence-corrected chi connectivity index (χ0v) is 17.6. The molecule has 152 valence electrons. The molecule has 4 aromatic rings. The van der Waals surface area contributed by atoms with Gasteiger partial charge in [-0.2, -0.15) is 4.98 Å². The van der Waals surface area contributed by atoms with E-state index in [0.717, 1.165) is 42.3 Å². The average molecular weight is 419 g/mol. The van der Waals surface area contributed by atoms with Crippen LogP contribution in [0.15, 0.2) is 65.2 Å². The number of rotatable bonds is 4. The number of anilines is 1. The van der Waals surface area contributed by atoms with E-state index in [2.05, 4.69) is 63.4 Å². The van der Waals surface area contributed by atoms with Crippen LogP contribution in [0.5, 0.6) is 0 Å². The third-order valence-electron chi connectivity index (χ3n) is 5.69. The Morgan fingerprint density at radius 2 is 1.77 bits per heavy atom. The molecule has 3 aromatic carbocycles. The van der Waals surface area contributed by atoms with Crippen molar-refractivity contribution in [3.8, 4) is 11.5 Å². The second-order valence-electron chi connectivity index (χ2n) is 7.82. The summed E-state index contributed by atoms with van der Waals surface area (Å²) in [6.45, 7) is 4.22. The molecule has 0 saturated carbocycles. The Balaban J connectivity index is 1.44. The minimum absolute atomic E-state index is 0.550. The topological polar surface area (TPSA) is 45.4 Å². The second kappa shape index (κ2) is 8.09. The van der Waals surface area contributed by atoms with Crippen molar-refractivity contribution in [2.75, 3.05) is 38.1 Å². The van der Waals surface area contributed by atoms with Crippen LogP contribution in [0.3, 0.4) is 0 Å². The number of piperazine rings is 1. The molecule has 1 aliphatic heterocycles. The number of aromatic nitrogens is 2. The van der Waals surface area contributed by atoms with Gasteiger partial charge >= 0.3 is 0 Å². The molecular weight excluding hydrogens is 396 g/mol. The van der Waals surface area contributed by atoms with Gasteiger partial charge in [0, 0.05) is 54.3 Å². The molecule has 0 amide bonds. The smallest absolute Gasteiger partial charge is 0.257 e. The zero-order valence-electron chi connectivity index (χ0n) is 16.9. The highest BCUT2D eigenvalue weighted by molar-refractivity contribution is 6.30. The van der Waals surface area contributed by atoms with Crippen LogP contribution in [0.25, 0.3) is 22.2 Å². The molecule has 0 radical (unpaired) electrons. The van der Waals surface area contributed by atoms with Gasteiger partial charge in [0.1, 0.15) is 0 Å². The van der Waals surface area contributed by atoms with Crippen molar-refractivity contribution in [3.63, 3.8) is 0 Å². The number of fused-ring (bicyclic) bond motifs is 1. The molecule has 30 heavy (non-hydrogen) atoms. The molecule has 0 bridgehead atoms. The molecule has 5 nitrogen and oxygen atoms in total. The summed E-state index contributed by atoms with van der Waals surface area (Å²) in [5.41, 5.74) is 3.31. The van der Waals surface area contributed by atoms with Crippen molar-refractivity contribution in [2.45, 2.75) is 6.42 Å². The van der Waals surface area contributed by atoms with E-state index in [9.17, 15) is 0 Å². The van der Waals surface area contributed by atoms with Crippen molar-refractivity contribution in [2.24, 2.45) is 0 Å². The van der Waals surface area contributed by atoms with Crippen LogP contribution < -0.4 is 4.90 Å². The third-order valence-corrected chi connectivity index (χ3v) is 5.95. The molecule has 1 aromatic heterocycles. The van der Waals surface area contributed by atoms with Gasteiger partial charge in [-0.3, -0.25) is 0 Å². The van der Waals surface area contributed by atoms with E-state index in [1.807, 2.05) is 24.3 Å². The van der Waals surface area contributed by atoms with Crippen LogP contribution in [0.1, 0.15) is 11.4 Å². The summed E-state index contributed by atoms with van der Waals surface area (Å²) in [6.07, 6.45) is 0.612. The molecule has 1 saturated heterocycles. The Bertz CT molecular complexity index is 1160. The predicted molar refractivity (Wildman–Crippen MR) is 121 cm³/mol. The monoisotopic (exact) mass is 418 g/mol. The number of hydrogen-bond donors (Lipinski definition) is 0. The lowest BCUT2D eigenvalue weighted by molar-refractivity contribution is 0.313. The van der Waals surface area contributed by atoms with Gasteiger partial charge in [-0.25, -0.2) is 0 Å². The number of nitrogens with zero attached hydrogens (tertiary/aromatic N) is 4. The van der Waals surface area contributed by atoms with Gasteiger partial charge in [0.05, 0.1) is 0 Å². The lowest BCUT2D eigenvalue weighted by atomic mass is 10.0. The first kappa shape index (κ1) is 19.1. The first-order valence-corrected chi connectivity index (χ1v) is 10.6. The van der Waals surface area contributed by atoms with E-state index < -0.39 is 0 Å². The minimum Gasteiger partial charge on any atom is -0.368 e. The Morgan fingerprint density at radius 3 is 2.57 bits per heavy atom. The predicted octanol–water partition coefficient (Wildman–Crippen LogP) is 4.89. The molecule has 0 N–H and O–H groups in total. The quantitative estimate of drug-likeness (QED) is 0.472. The summed E-state index contributed by atoms with van der Waals surface area (Å²) in [6, 6.07) is 20.6. The molecule has 0 aliphatic carbocycles. The Hall–Kier alpha value is -2.89. The van der Waals surface area contributed by atoms with E-state index in [1.54, 1.807) is 0 Å². The zero-order chi connectivity index (χ0) is 20.5. The van der Waals surface area contributed by atoms with Crippen LogP contribution >= 0.6 is 11.6 Å². The maximum atomic E-state index is 5.97. The van der Waals surface area contributed by atoms with Crippen LogP contribution in [0.4, 0.5) is 5.69 Å². The van der Waals surface area contributed by atoms with Gasteiger partial charge in [-0.15, -0.1) is 0 Å². The fourth-order valence-electron chi connectivity index (χ4n) is 3.94. The first-order chi connectivity index (χ1) is 14.7. The molecule has 5 rings (SSSR count). The highest BCUT2D eigenvalue weighted by Gasteiger charge is 2.17. The van der Waals surface area contributed by atoms with E-state index in [1.165, 1.54) is 16.5 Å². The first-order valence-electron chi connectivity index (χ1n) is 10.2. The molecule has 0 unspecified atom stereocenters. The highest BCUT2D eigenvalue weighted by Crippen LogP contribution is 2.31.